The maximum atomic E-state index is 12.4. The Hall–Kier alpha value is -1.09. The molecule has 108 valence electrons. The zero-order valence-electron chi connectivity index (χ0n) is 12.2. The highest BCUT2D eigenvalue weighted by atomic mass is 79.9. The number of hydrogen-bond donors (Lipinski definition) is 0. The van der Waals surface area contributed by atoms with Crippen molar-refractivity contribution in [2.45, 2.75) is 32.7 Å². The van der Waals surface area contributed by atoms with Crippen molar-refractivity contribution in [3.8, 4) is 0 Å². The topological polar surface area (TPSA) is 20.3 Å². The molecule has 2 nitrogen and oxygen atoms in total. The lowest BCUT2D eigenvalue weighted by Gasteiger charge is -2.28. The number of rotatable bonds is 5. The average molecular weight is 336 g/mol. The van der Waals surface area contributed by atoms with Gasteiger partial charge in [0.1, 0.15) is 0 Å². The lowest BCUT2D eigenvalue weighted by molar-refractivity contribution is -0.129. The van der Waals surface area contributed by atoms with Crippen LogP contribution in [0.4, 0.5) is 0 Å². The molecule has 1 aromatic rings. The molecule has 20 heavy (non-hydrogen) atoms. The standard InChI is InChI=1S/C17H22BrNO/c1-13(11-18)9-17(3)10-16(20)19(12-17)14(2)15-7-5-4-6-8-15/h4-8,14H,1,9-12H2,2-3H3/t14-,17-/m1/s1. The molecule has 2 atom stereocenters. The highest BCUT2D eigenvalue weighted by Gasteiger charge is 2.41. The SMILES string of the molecule is C=C(CBr)C[C@]1(C)CC(=O)N([C@H](C)c2ccccc2)C1. The molecule has 1 fully saturated rings. The maximum absolute atomic E-state index is 12.4. The highest BCUT2D eigenvalue weighted by Crippen LogP contribution is 2.40. The van der Waals surface area contributed by atoms with Crippen LogP contribution in [0.1, 0.15) is 38.3 Å². The second-order valence-corrected chi connectivity index (χ2v) is 6.72. The van der Waals surface area contributed by atoms with Gasteiger partial charge in [-0.1, -0.05) is 65.3 Å². The van der Waals surface area contributed by atoms with Crippen LogP contribution in [0.25, 0.3) is 0 Å². The van der Waals surface area contributed by atoms with Crippen LogP contribution in [0, 0.1) is 5.41 Å². The van der Waals surface area contributed by atoms with Crippen molar-refractivity contribution in [2.24, 2.45) is 5.41 Å². The summed E-state index contributed by atoms with van der Waals surface area (Å²) in [6, 6.07) is 10.4. The van der Waals surface area contributed by atoms with E-state index < -0.39 is 0 Å². The molecule has 0 radical (unpaired) electrons. The fourth-order valence-corrected chi connectivity index (χ4v) is 3.25. The zero-order valence-corrected chi connectivity index (χ0v) is 13.8. The monoisotopic (exact) mass is 335 g/mol. The van der Waals surface area contributed by atoms with Crippen LogP contribution in [0.15, 0.2) is 42.5 Å². The second-order valence-electron chi connectivity index (χ2n) is 6.16. The third-order valence-electron chi connectivity index (χ3n) is 4.07. The zero-order chi connectivity index (χ0) is 14.8. The number of allylic oxidation sites excluding steroid dienone is 1. The molecule has 1 aromatic carbocycles. The van der Waals surface area contributed by atoms with Crippen LogP contribution >= 0.6 is 15.9 Å². The molecule has 1 heterocycles. The molecular weight excluding hydrogens is 314 g/mol. The Morgan fingerprint density at radius 3 is 2.70 bits per heavy atom. The van der Waals surface area contributed by atoms with E-state index in [2.05, 4.69) is 48.5 Å². The van der Waals surface area contributed by atoms with Gasteiger partial charge in [0.05, 0.1) is 6.04 Å². The molecule has 0 spiro atoms. The Bertz CT molecular complexity index is 499. The first-order valence-corrected chi connectivity index (χ1v) is 8.14. The molecule has 1 saturated heterocycles. The number of hydrogen-bond acceptors (Lipinski definition) is 1. The van der Waals surface area contributed by atoms with Gasteiger partial charge in [0.2, 0.25) is 5.91 Å². The summed E-state index contributed by atoms with van der Waals surface area (Å²) in [5.74, 6) is 0.256. The summed E-state index contributed by atoms with van der Waals surface area (Å²) in [5.41, 5.74) is 2.38. The Kier molecular flexibility index (Phi) is 4.69. The van der Waals surface area contributed by atoms with Gasteiger partial charge in [-0.15, -0.1) is 0 Å². The van der Waals surface area contributed by atoms with Crippen molar-refractivity contribution < 1.29 is 4.79 Å². The van der Waals surface area contributed by atoms with E-state index in [-0.39, 0.29) is 17.4 Å². The summed E-state index contributed by atoms with van der Waals surface area (Å²) in [6.07, 6.45) is 1.53. The molecule has 0 N–H and O–H groups in total. The summed E-state index contributed by atoms with van der Waals surface area (Å²) in [6.45, 7) is 9.17. The third-order valence-corrected chi connectivity index (χ3v) is 4.86. The Labute approximate surface area is 130 Å². The second kappa shape index (κ2) is 6.13. The number of alkyl halides is 1. The van der Waals surface area contributed by atoms with Gasteiger partial charge in [0.15, 0.2) is 0 Å². The minimum Gasteiger partial charge on any atom is -0.335 e. The molecule has 0 aromatic heterocycles. The van der Waals surface area contributed by atoms with Gasteiger partial charge in [-0.2, -0.15) is 0 Å². The fraction of sp³-hybridized carbons (Fsp3) is 0.471. The number of halogens is 1. The van der Waals surface area contributed by atoms with Crippen molar-refractivity contribution in [2.75, 3.05) is 11.9 Å². The van der Waals surface area contributed by atoms with E-state index in [1.165, 1.54) is 5.56 Å². The predicted molar refractivity (Wildman–Crippen MR) is 86.8 cm³/mol. The molecule has 0 bridgehead atoms. The summed E-state index contributed by atoms with van der Waals surface area (Å²) in [4.78, 5) is 14.4. The van der Waals surface area contributed by atoms with E-state index >= 15 is 0 Å². The molecule has 1 aliphatic rings. The molecular formula is C17H22BrNO. The lowest BCUT2D eigenvalue weighted by atomic mass is 9.83. The summed E-state index contributed by atoms with van der Waals surface area (Å²) < 4.78 is 0. The van der Waals surface area contributed by atoms with Crippen LogP contribution in [-0.2, 0) is 4.79 Å². The van der Waals surface area contributed by atoms with Crippen LogP contribution in [0.3, 0.4) is 0 Å². The van der Waals surface area contributed by atoms with E-state index in [1.54, 1.807) is 0 Å². The summed E-state index contributed by atoms with van der Waals surface area (Å²) in [5, 5.41) is 0.811. The van der Waals surface area contributed by atoms with Gasteiger partial charge in [0.25, 0.3) is 0 Å². The maximum Gasteiger partial charge on any atom is 0.223 e. The van der Waals surface area contributed by atoms with E-state index in [0.717, 1.165) is 23.9 Å². The van der Waals surface area contributed by atoms with E-state index in [9.17, 15) is 4.79 Å². The van der Waals surface area contributed by atoms with Crippen LogP contribution < -0.4 is 0 Å². The first-order chi connectivity index (χ1) is 9.45. The molecule has 1 aliphatic heterocycles. The first kappa shape index (κ1) is 15.3. The van der Waals surface area contributed by atoms with E-state index in [4.69, 9.17) is 0 Å². The number of benzene rings is 1. The van der Waals surface area contributed by atoms with E-state index in [1.807, 2.05) is 23.1 Å². The molecule has 0 aliphatic carbocycles. The van der Waals surface area contributed by atoms with Gasteiger partial charge in [0, 0.05) is 18.3 Å². The Morgan fingerprint density at radius 1 is 1.45 bits per heavy atom. The molecule has 0 saturated carbocycles. The quantitative estimate of drug-likeness (QED) is 0.579. The lowest BCUT2D eigenvalue weighted by Crippen LogP contribution is -2.30. The first-order valence-electron chi connectivity index (χ1n) is 7.02. The van der Waals surface area contributed by atoms with Crippen molar-refractivity contribution in [3.63, 3.8) is 0 Å². The Morgan fingerprint density at radius 2 is 2.10 bits per heavy atom. The fourth-order valence-electron chi connectivity index (χ4n) is 3.06. The van der Waals surface area contributed by atoms with Crippen molar-refractivity contribution in [1.82, 2.24) is 4.90 Å². The minimum atomic E-state index is 0.0188. The number of nitrogens with zero attached hydrogens (tertiary/aromatic N) is 1. The smallest absolute Gasteiger partial charge is 0.223 e. The normalized spacial score (nSPS) is 23.9. The summed E-state index contributed by atoms with van der Waals surface area (Å²) in [7, 11) is 0. The number of likely N-dealkylation sites (tertiary alicyclic amines) is 1. The van der Waals surface area contributed by atoms with Crippen molar-refractivity contribution in [3.05, 3.63) is 48.0 Å². The van der Waals surface area contributed by atoms with Crippen LogP contribution in [0.2, 0.25) is 0 Å². The predicted octanol–water partition coefficient (Wildman–Crippen LogP) is 4.33. The van der Waals surface area contributed by atoms with Gasteiger partial charge in [-0.3, -0.25) is 4.79 Å². The van der Waals surface area contributed by atoms with Crippen molar-refractivity contribution in [1.29, 1.82) is 0 Å². The summed E-state index contributed by atoms with van der Waals surface area (Å²) >= 11 is 3.44. The highest BCUT2D eigenvalue weighted by molar-refractivity contribution is 9.09. The molecule has 2 rings (SSSR count). The Balaban J connectivity index is 2.11. The van der Waals surface area contributed by atoms with Gasteiger partial charge in [-0.05, 0) is 24.3 Å². The number of carbonyl (C=O) groups excluding carboxylic acids is 1. The van der Waals surface area contributed by atoms with Crippen LogP contribution in [-0.4, -0.2) is 22.7 Å². The molecule has 3 heteroatoms. The van der Waals surface area contributed by atoms with E-state index in [0.29, 0.717) is 6.42 Å². The number of carbonyl (C=O) groups is 1. The number of amides is 1. The van der Waals surface area contributed by atoms with Crippen molar-refractivity contribution >= 4 is 21.8 Å². The van der Waals surface area contributed by atoms with Crippen LogP contribution in [0.5, 0.6) is 0 Å². The largest absolute Gasteiger partial charge is 0.335 e. The van der Waals surface area contributed by atoms with Gasteiger partial charge >= 0.3 is 0 Å². The van der Waals surface area contributed by atoms with Gasteiger partial charge < -0.3 is 4.90 Å². The third kappa shape index (κ3) is 3.32. The average Bonchev–Trinajstić information content (AvgIpc) is 2.73. The molecule has 0 unspecified atom stereocenters. The minimum absolute atomic E-state index is 0.0188. The molecule has 1 amide bonds. The van der Waals surface area contributed by atoms with Gasteiger partial charge in [-0.25, -0.2) is 0 Å².